The standard InChI is InChI=1S/C16H14N5O/c1-12-6-5-7-13(10-12)16(18-20-21-19-16)11-15(22)17-14-8-3-2-4-9-14/h2-10H,1,11H2,(H,17,22). The molecule has 1 aliphatic heterocycles. The second-order valence-corrected chi connectivity index (χ2v) is 4.99. The van der Waals surface area contributed by atoms with Gasteiger partial charge in [-0.1, -0.05) is 42.5 Å². The van der Waals surface area contributed by atoms with Crippen molar-refractivity contribution < 1.29 is 4.79 Å². The zero-order chi connectivity index (χ0) is 15.4. The Labute approximate surface area is 128 Å². The van der Waals surface area contributed by atoms with Crippen LogP contribution in [0.4, 0.5) is 5.69 Å². The number of hydrogen-bond acceptors (Lipinski definition) is 5. The maximum Gasteiger partial charge on any atom is 0.229 e. The Kier molecular flexibility index (Phi) is 3.74. The Hall–Kier alpha value is -2.89. The zero-order valence-corrected chi connectivity index (χ0v) is 11.8. The summed E-state index contributed by atoms with van der Waals surface area (Å²) in [5.41, 5.74) is 1.18. The van der Waals surface area contributed by atoms with Gasteiger partial charge in [-0.05, 0) is 35.1 Å². The minimum Gasteiger partial charge on any atom is -0.326 e. The van der Waals surface area contributed by atoms with Crippen LogP contribution in [-0.4, -0.2) is 5.91 Å². The molecular weight excluding hydrogens is 278 g/mol. The summed E-state index contributed by atoms with van der Waals surface area (Å²) in [5.74, 6) is -0.208. The summed E-state index contributed by atoms with van der Waals surface area (Å²) < 4.78 is 0. The monoisotopic (exact) mass is 292 g/mol. The molecule has 0 saturated carbocycles. The maximum absolute atomic E-state index is 12.3. The van der Waals surface area contributed by atoms with Crippen molar-refractivity contribution in [2.75, 3.05) is 5.32 Å². The van der Waals surface area contributed by atoms with Gasteiger partial charge in [-0.3, -0.25) is 4.79 Å². The summed E-state index contributed by atoms with van der Waals surface area (Å²) in [6.07, 6.45) is 0.0261. The lowest BCUT2D eigenvalue weighted by Crippen LogP contribution is -2.27. The van der Waals surface area contributed by atoms with Crippen molar-refractivity contribution >= 4 is 11.6 Å². The molecule has 0 atom stereocenters. The van der Waals surface area contributed by atoms with Crippen LogP contribution in [0.25, 0.3) is 0 Å². The van der Waals surface area contributed by atoms with Crippen LogP contribution in [0.15, 0.2) is 75.3 Å². The number of benzene rings is 2. The molecule has 1 amide bonds. The van der Waals surface area contributed by atoms with E-state index in [1.165, 1.54) is 0 Å². The fourth-order valence-corrected chi connectivity index (χ4v) is 2.27. The molecule has 0 saturated heterocycles. The van der Waals surface area contributed by atoms with Crippen molar-refractivity contribution in [1.29, 1.82) is 0 Å². The van der Waals surface area contributed by atoms with Crippen LogP contribution in [0, 0.1) is 6.92 Å². The SMILES string of the molecule is [CH2]c1cccc(C2(CC(=O)Nc3ccccc3)N=NN=N2)c1. The molecule has 1 radical (unpaired) electrons. The lowest BCUT2D eigenvalue weighted by atomic mass is 9.95. The highest BCUT2D eigenvalue weighted by molar-refractivity contribution is 5.91. The summed E-state index contributed by atoms with van der Waals surface area (Å²) in [4.78, 5) is 12.3. The number of carbonyl (C=O) groups is 1. The van der Waals surface area contributed by atoms with E-state index >= 15 is 0 Å². The number of anilines is 1. The first-order chi connectivity index (χ1) is 10.7. The number of nitrogens with one attached hydrogen (secondary N) is 1. The van der Waals surface area contributed by atoms with Crippen LogP contribution >= 0.6 is 0 Å². The molecule has 0 bridgehead atoms. The van der Waals surface area contributed by atoms with E-state index in [0.29, 0.717) is 0 Å². The largest absolute Gasteiger partial charge is 0.326 e. The summed E-state index contributed by atoms with van der Waals surface area (Å²) in [5, 5.41) is 18.1. The van der Waals surface area contributed by atoms with Gasteiger partial charge in [0.15, 0.2) is 0 Å². The van der Waals surface area contributed by atoms with E-state index < -0.39 is 5.66 Å². The Balaban J connectivity index is 1.82. The molecule has 1 N–H and O–H groups in total. The van der Waals surface area contributed by atoms with Crippen LogP contribution in [0.1, 0.15) is 17.5 Å². The fraction of sp³-hybridized carbons (Fsp3) is 0.125. The lowest BCUT2D eigenvalue weighted by molar-refractivity contribution is -0.117. The van der Waals surface area contributed by atoms with Crippen LogP contribution in [0.2, 0.25) is 0 Å². The minimum atomic E-state index is -1.10. The number of amides is 1. The molecule has 1 aliphatic rings. The molecule has 6 heteroatoms. The van der Waals surface area contributed by atoms with E-state index in [9.17, 15) is 4.79 Å². The molecule has 1 heterocycles. The number of carbonyl (C=O) groups excluding carboxylic acids is 1. The predicted molar refractivity (Wildman–Crippen MR) is 82.0 cm³/mol. The fourth-order valence-electron chi connectivity index (χ4n) is 2.27. The van der Waals surface area contributed by atoms with Crippen molar-refractivity contribution in [2.24, 2.45) is 20.7 Å². The summed E-state index contributed by atoms with van der Waals surface area (Å²) in [6, 6.07) is 16.6. The van der Waals surface area contributed by atoms with Gasteiger partial charge in [0, 0.05) is 11.3 Å². The number of para-hydroxylation sites is 1. The molecule has 0 fully saturated rings. The van der Waals surface area contributed by atoms with Crippen molar-refractivity contribution in [3.8, 4) is 0 Å². The van der Waals surface area contributed by atoms with Gasteiger partial charge in [-0.15, -0.1) is 10.2 Å². The van der Waals surface area contributed by atoms with Gasteiger partial charge in [-0.25, -0.2) is 0 Å². The Morgan fingerprint density at radius 3 is 2.45 bits per heavy atom. The van der Waals surface area contributed by atoms with Gasteiger partial charge in [0.05, 0.1) is 6.42 Å². The molecule has 2 aromatic rings. The average Bonchev–Trinajstić information content (AvgIpc) is 2.98. The third-order valence-electron chi connectivity index (χ3n) is 3.31. The zero-order valence-electron chi connectivity index (χ0n) is 11.8. The van der Waals surface area contributed by atoms with Gasteiger partial charge >= 0.3 is 0 Å². The lowest BCUT2D eigenvalue weighted by Gasteiger charge is -2.20. The molecule has 6 nitrogen and oxygen atoms in total. The van der Waals surface area contributed by atoms with Gasteiger partial charge < -0.3 is 5.32 Å². The smallest absolute Gasteiger partial charge is 0.229 e. The molecular formula is C16H14N5O. The first-order valence-corrected chi connectivity index (χ1v) is 6.79. The third-order valence-corrected chi connectivity index (χ3v) is 3.31. The first kappa shape index (κ1) is 14.1. The number of hydrogen-bond donors (Lipinski definition) is 1. The van der Waals surface area contributed by atoms with E-state index in [1.807, 2.05) is 54.6 Å². The van der Waals surface area contributed by atoms with Gasteiger partial charge in [-0.2, -0.15) is 0 Å². The van der Waals surface area contributed by atoms with Crippen LogP contribution in [0.5, 0.6) is 0 Å². The minimum absolute atomic E-state index is 0.0261. The van der Waals surface area contributed by atoms with E-state index in [0.717, 1.165) is 16.8 Å². The summed E-state index contributed by atoms with van der Waals surface area (Å²) >= 11 is 0. The highest BCUT2D eigenvalue weighted by Gasteiger charge is 2.38. The predicted octanol–water partition coefficient (Wildman–Crippen LogP) is 3.88. The van der Waals surface area contributed by atoms with Gasteiger partial charge in [0.25, 0.3) is 0 Å². The number of rotatable bonds is 4. The Bertz CT molecular complexity index is 727. The van der Waals surface area contributed by atoms with Crippen LogP contribution in [-0.2, 0) is 10.5 Å². The van der Waals surface area contributed by atoms with E-state index in [1.54, 1.807) is 0 Å². The summed E-state index contributed by atoms with van der Waals surface area (Å²) in [6.45, 7) is 3.89. The van der Waals surface area contributed by atoms with Crippen LogP contribution in [0.3, 0.4) is 0 Å². The quantitative estimate of drug-likeness (QED) is 0.911. The van der Waals surface area contributed by atoms with E-state index in [2.05, 4.69) is 32.9 Å². The second kappa shape index (κ2) is 5.85. The van der Waals surface area contributed by atoms with E-state index in [-0.39, 0.29) is 12.3 Å². The Morgan fingerprint density at radius 2 is 1.77 bits per heavy atom. The molecule has 2 aromatic carbocycles. The first-order valence-electron chi connectivity index (χ1n) is 6.79. The van der Waals surface area contributed by atoms with E-state index in [4.69, 9.17) is 0 Å². The summed E-state index contributed by atoms with van der Waals surface area (Å²) in [7, 11) is 0. The molecule has 109 valence electrons. The molecule has 0 aromatic heterocycles. The van der Waals surface area contributed by atoms with Crippen LogP contribution < -0.4 is 5.32 Å². The van der Waals surface area contributed by atoms with Crippen molar-refractivity contribution in [3.05, 3.63) is 72.6 Å². The van der Waals surface area contributed by atoms with Crippen molar-refractivity contribution in [3.63, 3.8) is 0 Å². The molecule has 0 unspecified atom stereocenters. The molecule has 3 rings (SSSR count). The second-order valence-electron chi connectivity index (χ2n) is 4.99. The van der Waals surface area contributed by atoms with Gasteiger partial charge in [0.2, 0.25) is 11.6 Å². The van der Waals surface area contributed by atoms with Crippen molar-refractivity contribution in [2.45, 2.75) is 12.1 Å². The topological polar surface area (TPSA) is 78.5 Å². The third kappa shape index (κ3) is 2.90. The molecule has 0 aliphatic carbocycles. The van der Waals surface area contributed by atoms with Gasteiger partial charge in [0.1, 0.15) is 0 Å². The maximum atomic E-state index is 12.3. The molecule has 0 spiro atoms. The highest BCUT2D eigenvalue weighted by Crippen LogP contribution is 2.36. The molecule has 22 heavy (non-hydrogen) atoms. The Morgan fingerprint density at radius 1 is 1.05 bits per heavy atom. The average molecular weight is 292 g/mol. The van der Waals surface area contributed by atoms with Crippen molar-refractivity contribution in [1.82, 2.24) is 0 Å². The highest BCUT2D eigenvalue weighted by atomic mass is 16.1. The number of nitrogens with zero attached hydrogens (tertiary/aromatic N) is 4. The normalized spacial score (nSPS) is 15.0.